The lowest BCUT2D eigenvalue weighted by Gasteiger charge is -1.73. The van der Waals surface area contributed by atoms with Gasteiger partial charge in [0.15, 0.2) is 0 Å². The van der Waals surface area contributed by atoms with Crippen molar-refractivity contribution in [1.82, 2.24) is 0 Å². The van der Waals surface area contributed by atoms with Crippen LogP contribution in [0.25, 0.3) is 0 Å². The monoisotopic (exact) mass is 173 g/mol. The van der Waals surface area contributed by atoms with E-state index in [0.29, 0.717) is 0 Å². The van der Waals surface area contributed by atoms with Gasteiger partial charge < -0.3 is 0 Å². The van der Waals surface area contributed by atoms with E-state index in [9.17, 15) is 4.79 Å². The minimum absolute atomic E-state index is 0.131. The van der Waals surface area contributed by atoms with Crippen molar-refractivity contribution in [3.05, 3.63) is 15.6 Å². The van der Waals surface area contributed by atoms with Crippen LogP contribution in [-0.4, -0.2) is 5.91 Å². The van der Waals surface area contributed by atoms with Gasteiger partial charge in [-0.25, -0.2) is 4.99 Å². The summed E-state index contributed by atoms with van der Waals surface area (Å²) in [4.78, 5) is 15.4. The van der Waals surface area contributed by atoms with Crippen molar-refractivity contribution in [2.45, 2.75) is 13.8 Å². The first-order valence-corrected chi connectivity index (χ1v) is 4.95. The maximum absolute atomic E-state index is 10.5. The summed E-state index contributed by atoms with van der Waals surface area (Å²) in [5.74, 6) is -0.131. The van der Waals surface area contributed by atoms with Crippen molar-refractivity contribution in [3.8, 4) is 0 Å². The number of hydrogen-bond acceptors (Lipinski definition) is 3. The van der Waals surface area contributed by atoms with Crippen LogP contribution in [0.5, 0.6) is 0 Å². The van der Waals surface area contributed by atoms with E-state index in [1.54, 1.807) is 10.3 Å². The Bertz CT molecular complexity index is 297. The zero-order chi connectivity index (χ0) is 7.56. The van der Waals surface area contributed by atoms with Crippen molar-refractivity contribution in [3.63, 3.8) is 0 Å². The van der Waals surface area contributed by atoms with Crippen molar-refractivity contribution in [2.24, 2.45) is 4.99 Å². The number of nitrogens with zero attached hydrogens (tertiary/aromatic N) is 1. The van der Waals surface area contributed by atoms with Crippen molar-refractivity contribution >= 4 is 26.6 Å². The van der Waals surface area contributed by atoms with E-state index in [-0.39, 0.29) is 5.91 Å². The summed E-state index contributed by atoms with van der Waals surface area (Å²) < 4.78 is 0.815. The lowest BCUT2D eigenvalue weighted by atomic mass is 10.6. The predicted octanol–water partition coefficient (Wildman–Crippen LogP) is 1.57. The molecule has 0 aliphatic rings. The van der Waals surface area contributed by atoms with Crippen LogP contribution < -0.4 is 4.67 Å². The standard InChI is InChI=1S/C6H7NOS2/c1-4-3-6(10-9-4)7-5(2)8/h3H,1-2H3. The highest BCUT2D eigenvalue weighted by Crippen LogP contribution is 2.06. The first kappa shape index (κ1) is 7.63. The zero-order valence-corrected chi connectivity index (χ0v) is 7.38. The largest absolute Gasteiger partial charge is 0.273 e. The molecular formula is C6H7NOS2. The smallest absolute Gasteiger partial charge is 0.243 e. The Labute approximate surface area is 66.3 Å². The molecular weight excluding hydrogens is 166 g/mol. The Morgan fingerprint density at radius 3 is 2.70 bits per heavy atom. The van der Waals surface area contributed by atoms with Crippen LogP contribution in [0.2, 0.25) is 0 Å². The van der Waals surface area contributed by atoms with Gasteiger partial charge in [0.2, 0.25) is 5.91 Å². The average molecular weight is 173 g/mol. The Morgan fingerprint density at radius 1 is 1.60 bits per heavy atom. The molecule has 1 heterocycles. The summed E-state index contributed by atoms with van der Waals surface area (Å²) in [7, 11) is 3.17. The van der Waals surface area contributed by atoms with Crippen LogP contribution in [0.4, 0.5) is 0 Å². The van der Waals surface area contributed by atoms with Gasteiger partial charge >= 0.3 is 0 Å². The molecule has 54 valence electrons. The van der Waals surface area contributed by atoms with Crippen molar-refractivity contribution in [2.75, 3.05) is 0 Å². The van der Waals surface area contributed by atoms with Crippen LogP contribution in [0.1, 0.15) is 11.8 Å². The predicted molar refractivity (Wildman–Crippen MR) is 43.2 cm³/mol. The molecule has 0 aliphatic heterocycles. The fourth-order valence-electron chi connectivity index (χ4n) is 0.536. The van der Waals surface area contributed by atoms with Crippen LogP contribution in [0, 0.1) is 6.92 Å². The van der Waals surface area contributed by atoms with Gasteiger partial charge in [-0.1, -0.05) is 20.7 Å². The van der Waals surface area contributed by atoms with Crippen LogP contribution >= 0.6 is 20.7 Å². The molecule has 0 bridgehead atoms. The molecule has 0 fully saturated rings. The SMILES string of the molecule is CC(=O)N=c1cc(C)ss1. The minimum atomic E-state index is -0.131. The fraction of sp³-hybridized carbons (Fsp3) is 0.333. The molecule has 1 aromatic rings. The van der Waals surface area contributed by atoms with E-state index in [0.717, 1.165) is 4.67 Å². The second kappa shape index (κ2) is 3.07. The van der Waals surface area contributed by atoms with Gasteiger partial charge in [0.1, 0.15) is 4.67 Å². The number of carbonyl (C=O) groups is 1. The Kier molecular flexibility index (Phi) is 2.34. The molecule has 0 aromatic carbocycles. The molecule has 1 rings (SSSR count). The summed E-state index contributed by atoms with van der Waals surface area (Å²) in [5, 5.41) is 0. The van der Waals surface area contributed by atoms with E-state index in [1.165, 1.54) is 22.1 Å². The Balaban J connectivity index is 3.05. The summed E-state index contributed by atoms with van der Waals surface area (Å²) in [6.07, 6.45) is 0. The topological polar surface area (TPSA) is 29.4 Å². The third kappa shape index (κ3) is 2.04. The molecule has 0 atom stereocenters. The number of hydrogen-bond donors (Lipinski definition) is 0. The van der Waals surface area contributed by atoms with Crippen LogP contribution in [-0.2, 0) is 4.79 Å². The lowest BCUT2D eigenvalue weighted by Crippen LogP contribution is -1.95. The zero-order valence-electron chi connectivity index (χ0n) is 5.75. The highest BCUT2D eigenvalue weighted by atomic mass is 32.9. The maximum atomic E-state index is 10.5. The summed E-state index contributed by atoms with van der Waals surface area (Å²) in [6.45, 7) is 3.46. The lowest BCUT2D eigenvalue weighted by molar-refractivity contribution is -0.116. The number of carbonyl (C=O) groups excluding carboxylic acids is 1. The normalized spacial score (nSPS) is 12.0. The minimum Gasteiger partial charge on any atom is -0.273 e. The highest BCUT2D eigenvalue weighted by Gasteiger charge is 1.89. The Hall–Kier alpha value is -0.480. The highest BCUT2D eigenvalue weighted by molar-refractivity contribution is 7.68. The molecule has 0 radical (unpaired) electrons. The van der Waals surface area contributed by atoms with Gasteiger partial charge in [0.25, 0.3) is 0 Å². The van der Waals surface area contributed by atoms with Gasteiger partial charge in [-0.15, -0.1) is 0 Å². The molecule has 0 saturated heterocycles. The first-order valence-electron chi connectivity index (χ1n) is 2.80. The number of rotatable bonds is 0. The molecule has 4 heteroatoms. The third-order valence-electron chi connectivity index (χ3n) is 0.853. The second-order valence-corrected chi connectivity index (χ2v) is 4.29. The van der Waals surface area contributed by atoms with Crippen molar-refractivity contribution in [1.29, 1.82) is 0 Å². The number of aryl methyl sites for hydroxylation is 1. The maximum Gasteiger partial charge on any atom is 0.243 e. The first-order chi connectivity index (χ1) is 4.68. The molecule has 10 heavy (non-hydrogen) atoms. The van der Waals surface area contributed by atoms with E-state index in [1.807, 2.05) is 13.0 Å². The van der Waals surface area contributed by atoms with E-state index in [2.05, 4.69) is 4.99 Å². The molecule has 0 saturated carbocycles. The van der Waals surface area contributed by atoms with Gasteiger partial charge in [-0.2, -0.15) is 0 Å². The van der Waals surface area contributed by atoms with Gasteiger partial charge in [0.05, 0.1) is 0 Å². The van der Waals surface area contributed by atoms with E-state index in [4.69, 9.17) is 0 Å². The van der Waals surface area contributed by atoms with Crippen molar-refractivity contribution < 1.29 is 4.79 Å². The third-order valence-corrected chi connectivity index (χ3v) is 3.25. The molecule has 0 unspecified atom stereocenters. The molecule has 0 spiro atoms. The molecule has 0 N–H and O–H groups in total. The van der Waals surface area contributed by atoms with Gasteiger partial charge in [-0.05, 0) is 13.0 Å². The van der Waals surface area contributed by atoms with E-state index < -0.39 is 0 Å². The van der Waals surface area contributed by atoms with Gasteiger partial charge in [0, 0.05) is 11.8 Å². The molecule has 2 nitrogen and oxygen atoms in total. The van der Waals surface area contributed by atoms with E-state index >= 15 is 0 Å². The summed E-state index contributed by atoms with van der Waals surface area (Å²) in [6, 6.07) is 1.91. The molecule has 1 amide bonds. The second-order valence-electron chi connectivity index (χ2n) is 1.89. The number of amides is 1. The van der Waals surface area contributed by atoms with Crippen LogP contribution in [0.3, 0.4) is 0 Å². The Morgan fingerprint density at radius 2 is 2.30 bits per heavy atom. The average Bonchev–Trinajstić information content (AvgIpc) is 2.13. The quantitative estimate of drug-likeness (QED) is 0.547. The summed E-state index contributed by atoms with van der Waals surface area (Å²) in [5.41, 5.74) is 0. The van der Waals surface area contributed by atoms with Gasteiger partial charge in [-0.3, -0.25) is 4.79 Å². The molecule has 1 aromatic heterocycles. The van der Waals surface area contributed by atoms with Crippen LogP contribution in [0.15, 0.2) is 11.1 Å². The molecule has 0 aliphatic carbocycles. The summed E-state index contributed by atoms with van der Waals surface area (Å²) >= 11 is 0. The fourth-order valence-corrected chi connectivity index (χ4v) is 2.43.